The van der Waals surface area contributed by atoms with E-state index in [-0.39, 0.29) is 17.2 Å². The Morgan fingerprint density at radius 2 is 1.46 bits per heavy atom. The third-order valence-electron chi connectivity index (χ3n) is 5.38. The van der Waals surface area contributed by atoms with Crippen molar-refractivity contribution >= 4 is 18.7 Å². The number of benzene rings is 2. The molecule has 1 unspecified atom stereocenters. The van der Waals surface area contributed by atoms with Crippen LogP contribution in [-0.2, 0) is 4.43 Å². The average Bonchev–Trinajstić information content (AvgIpc) is 2.67. The van der Waals surface area contributed by atoms with Gasteiger partial charge in [-0.05, 0) is 48.0 Å². The molecule has 0 fully saturated rings. The van der Waals surface area contributed by atoms with E-state index < -0.39 is 8.32 Å². The minimum Gasteiger partial charge on any atom is -0.405 e. The molecule has 28 heavy (non-hydrogen) atoms. The van der Waals surface area contributed by atoms with Crippen LogP contribution in [-0.4, -0.2) is 25.6 Å². The smallest absolute Gasteiger partial charge is 0.261 e. The molecule has 152 valence electrons. The van der Waals surface area contributed by atoms with Crippen LogP contribution >= 0.6 is 0 Å². The lowest BCUT2D eigenvalue weighted by Crippen LogP contribution is -2.67. The Labute approximate surface area is 172 Å². The zero-order chi connectivity index (χ0) is 20.6. The van der Waals surface area contributed by atoms with E-state index in [0.717, 1.165) is 19.3 Å². The predicted molar refractivity (Wildman–Crippen MR) is 123 cm³/mol. The van der Waals surface area contributed by atoms with Crippen LogP contribution in [0.25, 0.3) is 0 Å². The van der Waals surface area contributed by atoms with Crippen molar-refractivity contribution in [3.8, 4) is 0 Å². The lowest BCUT2D eigenvalue weighted by molar-refractivity contribution is 0.148. The Bertz CT molecular complexity index is 667. The van der Waals surface area contributed by atoms with Crippen LogP contribution in [0.5, 0.6) is 0 Å². The second-order valence-electron chi connectivity index (χ2n) is 8.70. The molecule has 0 saturated heterocycles. The van der Waals surface area contributed by atoms with Gasteiger partial charge < -0.3 is 9.53 Å². The van der Waals surface area contributed by atoms with Gasteiger partial charge in [-0.3, -0.25) is 0 Å². The van der Waals surface area contributed by atoms with E-state index in [1.165, 1.54) is 10.4 Å². The zero-order valence-electron chi connectivity index (χ0n) is 17.9. The summed E-state index contributed by atoms with van der Waals surface area (Å²) in [6.45, 7) is 12.8. The Morgan fingerprint density at radius 3 is 1.89 bits per heavy atom. The van der Waals surface area contributed by atoms with Crippen molar-refractivity contribution < 1.29 is 9.53 Å². The topological polar surface area (TPSA) is 29.5 Å². The van der Waals surface area contributed by atoms with Crippen molar-refractivity contribution in [3.63, 3.8) is 0 Å². The van der Waals surface area contributed by atoms with Crippen molar-refractivity contribution in [3.05, 3.63) is 73.3 Å². The lowest BCUT2D eigenvalue weighted by Gasteiger charge is -2.44. The summed E-state index contributed by atoms with van der Waals surface area (Å²) in [7, 11) is -2.48. The highest BCUT2D eigenvalue weighted by atomic mass is 28.4. The largest absolute Gasteiger partial charge is 0.405 e. The highest BCUT2D eigenvalue weighted by molar-refractivity contribution is 6.99. The van der Waals surface area contributed by atoms with Crippen molar-refractivity contribution in [2.24, 2.45) is 0 Å². The Hall–Kier alpha value is -1.68. The van der Waals surface area contributed by atoms with E-state index in [0.29, 0.717) is 6.42 Å². The summed E-state index contributed by atoms with van der Waals surface area (Å²) in [5.74, 6) is 0. The fourth-order valence-corrected chi connectivity index (χ4v) is 8.74. The first-order valence-electron chi connectivity index (χ1n) is 10.4. The van der Waals surface area contributed by atoms with Gasteiger partial charge in [0.25, 0.3) is 8.32 Å². The number of aliphatic hydroxyl groups is 1. The van der Waals surface area contributed by atoms with E-state index >= 15 is 0 Å². The molecule has 0 aliphatic heterocycles. The molecule has 0 heterocycles. The SMILES string of the molecule is C=CC[C@@H](O)CCCC(C)O[Si](c1ccccc1)(c1ccccc1)C(C)(C)C. The molecule has 0 aliphatic rings. The van der Waals surface area contributed by atoms with Crippen molar-refractivity contribution in [2.75, 3.05) is 0 Å². The molecule has 1 N–H and O–H groups in total. The molecule has 0 bridgehead atoms. The molecule has 0 aliphatic carbocycles. The van der Waals surface area contributed by atoms with Gasteiger partial charge in [-0.1, -0.05) is 87.5 Å². The highest BCUT2D eigenvalue weighted by Gasteiger charge is 2.50. The monoisotopic (exact) mass is 396 g/mol. The van der Waals surface area contributed by atoms with Crippen LogP contribution < -0.4 is 10.4 Å². The van der Waals surface area contributed by atoms with Crippen LogP contribution in [0.2, 0.25) is 5.04 Å². The standard InChI is InChI=1S/C25H36O2Si/c1-6-14-22(26)16-13-15-21(2)27-28(25(3,4)5,23-17-9-7-10-18-23)24-19-11-8-12-20-24/h6-12,17-22,26H,1,13-16H2,2-5H3/t21?,22-/m1/s1. The number of hydrogen-bond donors (Lipinski definition) is 1. The van der Waals surface area contributed by atoms with Gasteiger partial charge in [0.2, 0.25) is 0 Å². The van der Waals surface area contributed by atoms with E-state index in [1.54, 1.807) is 6.08 Å². The highest BCUT2D eigenvalue weighted by Crippen LogP contribution is 2.37. The zero-order valence-corrected chi connectivity index (χ0v) is 18.9. The van der Waals surface area contributed by atoms with Gasteiger partial charge in [0.05, 0.1) is 6.10 Å². The average molecular weight is 397 g/mol. The first-order valence-corrected chi connectivity index (χ1v) is 12.3. The molecular weight excluding hydrogens is 360 g/mol. The number of hydrogen-bond acceptors (Lipinski definition) is 2. The molecule has 0 aromatic heterocycles. The molecule has 2 nitrogen and oxygen atoms in total. The van der Waals surface area contributed by atoms with Crippen LogP contribution in [0.3, 0.4) is 0 Å². The van der Waals surface area contributed by atoms with Crippen LogP contribution in [0.4, 0.5) is 0 Å². The van der Waals surface area contributed by atoms with Gasteiger partial charge in [0, 0.05) is 6.10 Å². The molecule has 0 radical (unpaired) electrons. The summed E-state index contributed by atoms with van der Waals surface area (Å²) < 4.78 is 7.05. The van der Waals surface area contributed by atoms with Crippen LogP contribution in [0, 0.1) is 0 Å². The van der Waals surface area contributed by atoms with Gasteiger partial charge in [0.1, 0.15) is 0 Å². The fourth-order valence-electron chi connectivity index (χ4n) is 4.00. The first-order chi connectivity index (χ1) is 13.3. The van der Waals surface area contributed by atoms with E-state index in [4.69, 9.17) is 4.43 Å². The summed E-state index contributed by atoms with van der Waals surface area (Å²) in [5.41, 5.74) is 0. The van der Waals surface area contributed by atoms with Crippen molar-refractivity contribution in [2.45, 2.75) is 70.6 Å². The van der Waals surface area contributed by atoms with E-state index in [2.05, 4.69) is 94.9 Å². The second kappa shape index (κ2) is 10.2. The van der Waals surface area contributed by atoms with E-state index in [9.17, 15) is 5.11 Å². The van der Waals surface area contributed by atoms with Gasteiger partial charge in [-0.15, -0.1) is 6.58 Å². The first kappa shape index (κ1) is 22.6. The molecule has 2 aromatic carbocycles. The summed E-state index contributed by atoms with van der Waals surface area (Å²) >= 11 is 0. The fraction of sp³-hybridized carbons (Fsp3) is 0.440. The molecule has 2 aromatic rings. The number of aliphatic hydroxyl groups excluding tert-OH is 1. The third-order valence-corrected chi connectivity index (χ3v) is 10.5. The Balaban J connectivity index is 2.32. The Morgan fingerprint density at radius 1 is 0.964 bits per heavy atom. The maximum Gasteiger partial charge on any atom is 0.261 e. The molecule has 0 spiro atoms. The van der Waals surface area contributed by atoms with Gasteiger partial charge in [-0.25, -0.2) is 0 Å². The normalized spacial score (nSPS) is 14.5. The predicted octanol–water partition coefficient (Wildman–Crippen LogP) is 5.06. The summed E-state index contributed by atoms with van der Waals surface area (Å²) in [6.07, 6.45) is 4.96. The summed E-state index contributed by atoms with van der Waals surface area (Å²) in [5, 5.41) is 12.6. The van der Waals surface area contributed by atoms with Gasteiger partial charge in [0.15, 0.2) is 0 Å². The van der Waals surface area contributed by atoms with Crippen molar-refractivity contribution in [1.29, 1.82) is 0 Å². The molecule has 0 amide bonds. The van der Waals surface area contributed by atoms with E-state index in [1.807, 2.05) is 0 Å². The minimum absolute atomic E-state index is 0.00762. The van der Waals surface area contributed by atoms with Crippen LogP contribution in [0.1, 0.15) is 53.4 Å². The maximum atomic E-state index is 9.98. The quantitative estimate of drug-likeness (QED) is 0.449. The number of rotatable bonds is 10. The third kappa shape index (κ3) is 5.44. The Kier molecular flexibility index (Phi) is 8.23. The summed E-state index contributed by atoms with van der Waals surface area (Å²) in [6, 6.07) is 21.5. The van der Waals surface area contributed by atoms with Gasteiger partial charge >= 0.3 is 0 Å². The van der Waals surface area contributed by atoms with Gasteiger partial charge in [-0.2, -0.15) is 0 Å². The molecule has 3 heteroatoms. The molecule has 2 atom stereocenters. The molecule has 0 saturated carbocycles. The molecular formula is C25H36O2Si. The summed E-state index contributed by atoms with van der Waals surface area (Å²) in [4.78, 5) is 0. The van der Waals surface area contributed by atoms with Crippen molar-refractivity contribution in [1.82, 2.24) is 0 Å². The minimum atomic E-state index is -2.48. The second-order valence-corrected chi connectivity index (χ2v) is 13.0. The lowest BCUT2D eigenvalue weighted by atomic mass is 10.1. The molecule has 2 rings (SSSR count). The maximum absolute atomic E-state index is 9.98. The van der Waals surface area contributed by atoms with Crippen LogP contribution in [0.15, 0.2) is 73.3 Å².